The summed E-state index contributed by atoms with van der Waals surface area (Å²) in [6, 6.07) is 10.8. The van der Waals surface area contributed by atoms with Gasteiger partial charge in [0.05, 0.1) is 17.9 Å². The van der Waals surface area contributed by atoms with Gasteiger partial charge in [-0.15, -0.1) is 0 Å². The number of ether oxygens (including phenoxy) is 1. The van der Waals surface area contributed by atoms with Crippen molar-refractivity contribution in [1.82, 2.24) is 19.9 Å². The van der Waals surface area contributed by atoms with Crippen molar-refractivity contribution in [2.24, 2.45) is 4.99 Å². The number of carbonyl (C=O) groups is 1. The number of halogens is 1. The van der Waals surface area contributed by atoms with Gasteiger partial charge in [-0.3, -0.25) is 9.98 Å². The first-order chi connectivity index (χ1) is 19.2. The highest BCUT2D eigenvalue weighted by Crippen LogP contribution is 2.35. The first-order valence-electron chi connectivity index (χ1n) is 13.4. The Hall–Kier alpha value is -4.54. The molecule has 10 nitrogen and oxygen atoms in total. The summed E-state index contributed by atoms with van der Waals surface area (Å²) in [6.07, 6.45) is 5.18. The van der Waals surface area contributed by atoms with Crippen LogP contribution in [0, 0.1) is 5.82 Å². The van der Waals surface area contributed by atoms with Crippen molar-refractivity contribution in [3.05, 3.63) is 65.9 Å². The number of aromatic nitrogens is 3. The normalized spacial score (nSPS) is 16.6. The monoisotopic (exact) mass is 542 g/mol. The summed E-state index contributed by atoms with van der Waals surface area (Å²) in [5.41, 5.74) is 3.13. The molecule has 0 aliphatic carbocycles. The number of anilines is 4. The number of benzene rings is 1. The molecule has 1 amide bonds. The average Bonchev–Trinajstić information content (AvgIpc) is 3.44. The van der Waals surface area contributed by atoms with Crippen LogP contribution in [0.4, 0.5) is 32.3 Å². The zero-order chi connectivity index (χ0) is 27.9. The first kappa shape index (κ1) is 25.7. The fraction of sp³-hybridized carbons (Fsp3) is 0.345. The van der Waals surface area contributed by atoms with E-state index in [1.807, 2.05) is 51.1 Å². The van der Waals surface area contributed by atoms with Crippen molar-refractivity contribution in [2.45, 2.75) is 26.4 Å². The zero-order valence-electron chi connectivity index (χ0n) is 22.8. The second kappa shape index (κ2) is 10.2. The van der Waals surface area contributed by atoms with Crippen LogP contribution >= 0.6 is 0 Å². The minimum absolute atomic E-state index is 0.284. The van der Waals surface area contributed by atoms with E-state index in [4.69, 9.17) is 9.72 Å². The number of rotatable bonds is 4. The van der Waals surface area contributed by atoms with Crippen molar-refractivity contribution >= 4 is 46.7 Å². The highest BCUT2D eigenvalue weighted by molar-refractivity contribution is 6.35. The van der Waals surface area contributed by atoms with Gasteiger partial charge in [-0.2, -0.15) is 4.98 Å². The number of pyridine rings is 1. The minimum atomic E-state index is -0.536. The predicted octanol–water partition coefficient (Wildman–Crippen LogP) is 4.58. The van der Waals surface area contributed by atoms with E-state index in [9.17, 15) is 4.79 Å². The number of nitrogens with one attached hydrogen (secondary N) is 1. The molecule has 3 aliphatic rings. The summed E-state index contributed by atoms with van der Waals surface area (Å²) in [7, 11) is 0. The molecule has 5 heterocycles. The van der Waals surface area contributed by atoms with Crippen LogP contribution in [-0.2, 0) is 4.74 Å². The highest BCUT2D eigenvalue weighted by atomic mass is 19.1. The Morgan fingerprint density at radius 2 is 1.88 bits per heavy atom. The van der Waals surface area contributed by atoms with Crippen molar-refractivity contribution in [1.29, 1.82) is 0 Å². The number of piperazine rings is 1. The average molecular weight is 543 g/mol. The quantitative estimate of drug-likeness (QED) is 0.512. The molecule has 206 valence electrons. The fourth-order valence-electron chi connectivity index (χ4n) is 4.97. The molecule has 0 radical (unpaired) electrons. The van der Waals surface area contributed by atoms with Crippen LogP contribution in [-0.4, -0.2) is 76.7 Å². The van der Waals surface area contributed by atoms with E-state index in [1.165, 1.54) is 6.07 Å². The van der Waals surface area contributed by atoms with Gasteiger partial charge in [0.15, 0.2) is 0 Å². The Labute approximate surface area is 232 Å². The van der Waals surface area contributed by atoms with E-state index in [0.717, 1.165) is 34.2 Å². The lowest BCUT2D eigenvalue weighted by Crippen LogP contribution is -2.50. The lowest BCUT2D eigenvalue weighted by atomic mass is 10.0. The van der Waals surface area contributed by atoms with Crippen molar-refractivity contribution < 1.29 is 13.9 Å². The van der Waals surface area contributed by atoms with Crippen molar-refractivity contribution in [3.63, 3.8) is 0 Å². The van der Waals surface area contributed by atoms with Crippen molar-refractivity contribution in [3.8, 4) is 0 Å². The molecule has 1 N–H and O–H groups in total. The Kier molecular flexibility index (Phi) is 6.57. The van der Waals surface area contributed by atoms with Crippen LogP contribution < -0.4 is 15.1 Å². The van der Waals surface area contributed by atoms with Crippen LogP contribution in [0.2, 0.25) is 0 Å². The molecule has 3 aromatic rings. The molecule has 2 aromatic heterocycles. The minimum Gasteiger partial charge on any atom is -0.444 e. The second-order valence-electron chi connectivity index (χ2n) is 10.8. The number of nitrogens with zero attached hydrogens (tertiary/aromatic N) is 7. The fourth-order valence-corrected chi connectivity index (χ4v) is 4.97. The summed E-state index contributed by atoms with van der Waals surface area (Å²) >= 11 is 0. The molecule has 3 aliphatic heterocycles. The Morgan fingerprint density at radius 3 is 2.60 bits per heavy atom. The van der Waals surface area contributed by atoms with E-state index in [2.05, 4.69) is 30.1 Å². The molecule has 0 spiro atoms. The number of fused-ring (bicyclic) bond motifs is 3. The van der Waals surface area contributed by atoms with Gasteiger partial charge in [0.1, 0.15) is 23.1 Å². The summed E-state index contributed by atoms with van der Waals surface area (Å²) in [5.74, 6) is 1.46. The summed E-state index contributed by atoms with van der Waals surface area (Å²) in [6.45, 7) is 9.12. The number of carbonyl (C=O) groups excluding carboxylic acids is 1. The standard InChI is InChI=1S/C29H31FN8O2/c1-29(2,3)40-28(39)37-14-12-36(13-15-37)20-7-8-24(22(30)17-20)34-27-33-18-19-16-21(23-6-4-5-9-31-23)26-32-10-11-38(26)25(19)35-27/h4-9,16-18H,10-15H2,1-3H3,(H,33,34,35). The first-order valence-corrected chi connectivity index (χ1v) is 13.4. The van der Waals surface area contributed by atoms with Gasteiger partial charge in [-0.05, 0) is 57.2 Å². The van der Waals surface area contributed by atoms with Crippen LogP contribution in [0.1, 0.15) is 32.0 Å². The summed E-state index contributed by atoms with van der Waals surface area (Å²) in [5, 5.41) is 3.03. The third kappa shape index (κ3) is 5.18. The second-order valence-corrected chi connectivity index (χ2v) is 10.8. The molecule has 1 aromatic carbocycles. The zero-order valence-corrected chi connectivity index (χ0v) is 22.8. The Bertz CT molecular complexity index is 1490. The molecule has 0 unspecified atom stereocenters. The summed E-state index contributed by atoms with van der Waals surface area (Å²) in [4.78, 5) is 36.5. The Balaban J connectivity index is 1.16. The van der Waals surface area contributed by atoms with Gasteiger partial charge in [0.2, 0.25) is 5.95 Å². The number of hydrogen-bond acceptors (Lipinski definition) is 9. The van der Waals surface area contributed by atoms with Crippen LogP contribution in [0.3, 0.4) is 0 Å². The highest BCUT2D eigenvalue weighted by Gasteiger charge is 2.31. The van der Waals surface area contributed by atoms with Gasteiger partial charge in [0.25, 0.3) is 0 Å². The van der Waals surface area contributed by atoms with E-state index in [1.54, 1.807) is 23.4 Å². The molecule has 1 fully saturated rings. The molecule has 11 heteroatoms. The van der Waals surface area contributed by atoms with E-state index >= 15 is 4.39 Å². The SMILES string of the molecule is CC(C)(C)OC(=O)N1CCN(c2ccc(Nc3ncc4c(n3)N3CCN=C3C(c3ccccn3)=C4)c(F)c2)CC1. The third-order valence-corrected chi connectivity index (χ3v) is 6.87. The Morgan fingerprint density at radius 1 is 1.05 bits per heavy atom. The van der Waals surface area contributed by atoms with E-state index in [0.29, 0.717) is 45.2 Å². The van der Waals surface area contributed by atoms with E-state index < -0.39 is 11.4 Å². The molecule has 1 saturated heterocycles. The maximum Gasteiger partial charge on any atom is 0.410 e. The molecule has 6 rings (SSSR count). The molecule has 0 atom stereocenters. The van der Waals surface area contributed by atoms with Crippen LogP contribution in [0.5, 0.6) is 0 Å². The largest absolute Gasteiger partial charge is 0.444 e. The molecule has 0 saturated carbocycles. The number of amidine groups is 1. The lowest BCUT2D eigenvalue weighted by molar-refractivity contribution is 0.0240. The van der Waals surface area contributed by atoms with Gasteiger partial charge in [0, 0.05) is 61.9 Å². The predicted molar refractivity (Wildman–Crippen MR) is 153 cm³/mol. The van der Waals surface area contributed by atoms with Gasteiger partial charge < -0.3 is 24.8 Å². The molecular formula is C29H31FN8O2. The van der Waals surface area contributed by atoms with Gasteiger partial charge in [-0.25, -0.2) is 14.2 Å². The topological polar surface area (TPSA) is 99.1 Å². The van der Waals surface area contributed by atoms with Crippen LogP contribution in [0.25, 0.3) is 11.6 Å². The maximum absolute atomic E-state index is 15.2. The van der Waals surface area contributed by atoms with E-state index in [-0.39, 0.29) is 11.8 Å². The van der Waals surface area contributed by atoms with Gasteiger partial charge in [-0.1, -0.05) is 6.07 Å². The smallest absolute Gasteiger partial charge is 0.410 e. The van der Waals surface area contributed by atoms with Gasteiger partial charge >= 0.3 is 6.09 Å². The molecule has 0 bridgehead atoms. The molecule has 40 heavy (non-hydrogen) atoms. The number of aliphatic imine (C=N–C) groups is 1. The number of hydrogen-bond donors (Lipinski definition) is 1. The third-order valence-electron chi connectivity index (χ3n) is 6.87. The molecular weight excluding hydrogens is 511 g/mol. The van der Waals surface area contributed by atoms with Crippen LogP contribution in [0.15, 0.2) is 53.8 Å². The maximum atomic E-state index is 15.2. The lowest BCUT2D eigenvalue weighted by Gasteiger charge is -2.36. The number of amides is 1. The summed E-state index contributed by atoms with van der Waals surface area (Å²) < 4.78 is 20.7. The van der Waals surface area contributed by atoms with Crippen molar-refractivity contribution in [2.75, 3.05) is 54.4 Å².